The summed E-state index contributed by atoms with van der Waals surface area (Å²) in [5.74, 6) is 0.0890. The number of hydrogen-bond donors (Lipinski definition) is 1. The second-order valence-electron chi connectivity index (χ2n) is 7.10. The maximum atomic E-state index is 12.6. The molecule has 0 aliphatic carbocycles. The van der Waals surface area contributed by atoms with E-state index in [0.717, 1.165) is 16.3 Å². The van der Waals surface area contributed by atoms with E-state index in [0.29, 0.717) is 28.6 Å². The van der Waals surface area contributed by atoms with Gasteiger partial charge in [-0.05, 0) is 52.7 Å². The summed E-state index contributed by atoms with van der Waals surface area (Å²) in [6.07, 6.45) is 1.53. The average Bonchev–Trinajstić information content (AvgIpc) is 2.83. The molecule has 32 heavy (non-hydrogen) atoms. The highest BCUT2D eigenvalue weighted by atomic mass is 35.5. The Balaban J connectivity index is 1.55. The van der Waals surface area contributed by atoms with Crippen molar-refractivity contribution in [1.29, 1.82) is 5.26 Å². The van der Waals surface area contributed by atoms with Gasteiger partial charge in [-0.15, -0.1) is 0 Å². The van der Waals surface area contributed by atoms with E-state index >= 15 is 0 Å². The number of halogens is 1. The van der Waals surface area contributed by atoms with Crippen LogP contribution in [-0.4, -0.2) is 5.91 Å². The molecule has 0 aromatic heterocycles. The largest absolute Gasteiger partial charge is 0.488 e. The Bertz CT molecular complexity index is 1330. The number of anilines is 1. The first-order valence-electron chi connectivity index (χ1n) is 10.0. The molecule has 0 unspecified atom stereocenters. The molecule has 0 radical (unpaired) electrons. The fourth-order valence-corrected chi connectivity index (χ4v) is 3.47. The van der Waals surface area contributed by atoms with Gasteiger partial charge in [0.25, 0.3) is 5.91 Å². The van der Waals surface area contributed by atoms with Crippen molar-refractivity contribution in [3.63, 3.8) is 0 Å². The number of fused-ring (bicyclic) bond motifs is 1. The van der Waals surface area contributed by atoms with Gasteiger partial charge in [0.1, 0.15) is 24.0 Å². The molecule has 0 bridgehead atoms. The first kappa shape index (κ1) is 21.2. The number of nitriles is 1. The number of carbonyl (C=O) groups is 1. The molecule has 1 N–H and O–H groups in total. The average molecular weight is 439 g/mol. The second-order valence-corrected chi connectivity index (χ2v) is 7.53. The van der Waals surface area contributed by atoms with Crippen LogP contribution in [0.3, 0.4) is 0 Å². The lowest BCUT2D eigenvalue weighted by atomic mass is 10.1. The zero-order valence-electron chi connectivity index (χ0n) is 17.1. The summed E-state index contributed by atoms with van der Waals surface area (Å²) in [5, 5.41) is 15.1. The quantitative estimate of drug-likeness (QED) is 0.272. The molecular weight excluding hydrogens is 420 g/mol. The standard InChI is InChI=1S/C27H19ClN2O2/c28-23-12-14-24(15-13-23)30-27(31)22(17-29)16-20-7-2-4-11-26(20)32-18-21-9-5-8-19-6-1-3-10-25(19)21/h1-16H,18H2,(H,30,31)/b22-16-. The molecule has 0 aliphatic heterocycles. The van der Waals surface area contributed by atoms with Crippen LogP contribution < -0.4 is 10.1 Å². The molecule has 0 spiro atoms. The normalized spacial score (nSPS) is 11.1. The lowest BCUT2D eigenvalue weighted by Gasteiger charge is -2.12. The highest BCUT2D eigenvalue weighted by Gasteiger charge is 2.12. The number of hydrogen-bond acceptors (Lipinski definition) is 3. The monoisotopic (exact) mass is 438 g/mol. The van der Waals surface area contributed by atoms with Crippen molar-refractivity contribution in [3.05, 3.63) is 113 Å². The van der Waals surface area contributed by atoms with Crippen LogP contribution in [0.25, 0.3) is 16.8 Å². The fraction of sp³-hybridized carbons (Fsp3) is 0.0370. The third-order valence-corrected chi connectivity index (χ3v) is 5.20. The van der Waals surface area contributed by atoms with Crippen molar-refractivity contribution < 1.29 is 9.53 Å². The first-order valence-corrected chi connectivity index (χ1v) is 10.4. The first-order chi connectivity index (χ1) is 15.6. The van der Waals surface area contributed by atoms with Gasteiger partial charge in [-0.1, -0.05) is 72.3 Å². The minimum atomic E-state index is -0.501. The van der Waals surface area contributed by atoms with Gasteiger partial charge in [-0.2, -0.15) is 5.26 Å². The summed E-state index contributed by atoms with van der Waals surface area (Å²) >= 11 is 5.88. The van der Waals surface area contributed by atoms with Crippen LogP contribution in [0.5, 0.6) is 5.75 Å². The third kappa shape index (κ3) is 4.97. The van der Waals surface area contributed by atoms with E-state index in [1.807, 2.05) is 54.6 Å². The summed E-state index contributed by atoms with van der Waals surface area (Å²) in [6.45, 7) is 0.366. The maximum absolute atomic E-state index is 12.6. The Hall–Kier alpha value is -4.07. The van der Waals surface area contributed by atoms with E-state index in [1.54, 1.807) is 24.3 Å². The zero-order valence-corrected chi connectivity index (χ0v) is 17.8. The summed E-state index contributed by atoms with van der Waals surface area (Å²) in [4.78, 5) is 12.6. The van der Waals surface area contributed by atoms with Gasteiger partial charge in [0, 0.05) is 16.3 Å². The van der Waals surface area contributed by atoms with Crippen LogP contribution in [0.4, 0.5) is 5.69 Å². The molecule has 0 heterocycles. The van der Waals surface area contributed by atoms with Gasteiger partial charge in [0.05, 0.1) is 0 Å². The number of amides is 1. The van der Waals surface area contributed by atoms with E-state index in [-0.39, 0.29) is 5.57 Å². The smallest absolute Gasteiger partial charge is 0.266 e. The van der Waals surface area contributed by atoms with E-state index in [1.165, 1.54) is 6.08 Å². The van der Waals surface area contributed by atoms with Gasteiger partial charge in [0.15, 0.2) is 0 Å². The molecule has 4 nitrogen and oxygen atoms in total. The Morgan fingerprint density at radius 2 is 1.66 bits per heavy atom. The van der Waals surface area contributed by atoms with Crippen molar-refractivity contribution in [2.24, 2.45) is 0 Å². The van der Waals surface area contributed by atoms with E-state index in [9.17, 15) is 10.1 Å². The molecule has 0 saturated heterocycles. The van der Waals surface area contributed by atoms with Gasteiger partial charge in [-0.25, -0.2) is 0 Å². The second kappa shape index (κ2) is 9.82. The molecule has 4 aromatic carbocycles. The number of ether oxygens (including phenoxy) is 1. The van der Waals surface area contributed by atoms with Crippen molar-refractivity contribution >= 4 is 40.0 Å². The summed E-state index contributed by atoms with van der Waals surface area (Å²) in [6, 6.07) is 30.2. The van der Waals surface area contributed by atoms with Gasteiger partial charge in [0.2, 0.25) is 0 Å². The van der Waals surface area contributed by atoms with Crippen molar-refractivity contribution in [2.75, 3.05) is 5.32 Å². The maximum Gasteiger partial charge on any atom is 0.266 e. The van der Waals surface area contributed by atoms with Crippen LogP contribution in [0, 0.1) is 11.3 Å². The van der Waals surface area contributed by atoms with Crippen LogP contribution in [0.1, 0.15) is 11.1 Å². The minimum absolute atomic E-state index is 0.0267. The highest BCUT2D eigenvalue weighted by Crippen LogP contribution is 2.25. The lowest BCUT2D eigenvalue weighted by molar-refractivity contribution is -0.112. The molecule has 0 saturated carbocycles. The molecule has 4 rings (SSSR count). The number of para-hydroxylation sites is 1. The van der Waals surface area contributed by atoms with Crippen LogP contribution in [0.15, 0.2) is 96.6 Å². The fourth-order valence-electron chi connectivity index (χ4n) is 3.34. The van der Waals surface area contributed by atoms with Gasteiger partial charge >= 0.3 is 0 Å². The predicted molar refractivity (Wildman–Crippen MR) is 128 cm³/mol. The molecule has 1 amide bonds. The number of rotatable bonds is 6. The lowest BCUT2D eigenvalue weighted by Crippen LogP contribution is -2.13. The van der Waals surface area contributed by atoms with Gasteiger partial charge < -0.3 is 10.1 Å². The van der Waals surface area contributed by atoms with E-state index in [4.69, 9.17) is 16.3 Å². The third-order valence-electron chi connectivity index (χ3n) is 4.95. The Labute approximate surface area is 191 Å². The summed E-state index contributed by atoms with van der Waals surface area (Å²) < 4.78 is 6.09. The topological polar surface area (TPSA) is 62.1 Å². The molecule has 5 heteroatoms. The Morgan fingerprint density at radius 3 is 2.47 bits per heavy atom. The minimum Gasteiger partial charge on any atom is -0.488 e. The Kier molecular flexibility index (Phi) is 6.50. The van der Waals surface area contributed by atoms with Crippen molar-refractivity contribution in [2.45, 2.75) is 6.61 Å². The molecule has 0 fully saturated rings. The zero-order chi connectivity index (χ0) is 22.3. The van der Waals surface area contributed by atoms with Gasteiger partial charge in [-0.3, -0.25) is 4.79 Å². The summed E-state index contributed by atoms with van der Waals surface area (Å²) in [7, 11) is 0. The molecule has 0 aliphatic rings. The van der Waals surface area contributed by atoms with E-state index < -0.39 is 5.91 Å². The van der Waals surface area contributed by atoms with Crippen molar-refractivity contribution in [3.8, 4) is 11.8 Å². The number of carbonyl (C=O) groups excluding carboxylic acids is 1. The molecule has 0 atom stereocenters. The SMILES string of the molecule is N#C/C(=C/c1ccccc1OCc1cccc2ccccc12)C(=O)Nc1ccc(Cl)cc1. The number of nitrogens with one attached hydrogen (secondary N) is 1. The van der Waals surface area contributed by atoms with Crippen LogP contribution in [0.2, 0.25) is 5.02 Å². The predicted octanol–water partition coefficient (Wildman–Crippen LogP) is 6.62. The highest BCUT2D eigenvalue weighted by molar-refractivity contribution is 6.30. The van der Waals surface area contributed by atoms with E-state index in [2.05, 4.69) is 23.5 Å². The molecule has 156 valence electrons. The number of nitrogens with zero attached hydrogens (tertiary/aromatic N) is 1. The molecular formula is C27H19ClN2O2. The number of benzene rings is 4. The van der Waals surface area contributed by atoms with Crippen molar-refractivity contribution in [1.82, 2.24) is 0 Å². The van der Waals surface area contributed by atoms with Crippen LogP contribution >= 0.6 is 11.6 Å². The molecule has 4 aromatic rings. The Morgan fingerprint density at radius 1 is 0.938 bits per heavy atom. The van der Waals surface area contributed by atoms with Crippen LogP contribution in [-0.2, 0) is 11.4 Å². The summed E-state index contributed by atoms with van der Waals surface area (Å²) in [5.41, 5.74) is 2.24.